The third-order valence-electron chi connectivity index (χ3n) is 4.57. The van der Waals surface area contributed by atoms with E-state index in [1.165, 1.54) is 12.1 Å². The highest BCUT2D eigenvalue weighted by Gasteiger charge is 2.15. The molecule has 0 saturated heterocycles. The van der Waals surface area contributed by atoms with Crippen LogP contribution in [0.2, 0.25) is 0 Å². The van der Waals surface area contributed by atoms with E-state index in [9.17, 15) is 13.2 Å². The van der Waals surface area contributed by atoms with Gasteiger partial charge in [-0.05, 0) is 98.2 Å². The predicted molar refractivity (Wildman–Crippen MR) is 136 cm³/mol. The molecule has 0 aromatic heterocycles. The van der Waals surface area contributed by atoms with Crippen LogP contribution in [0.15, 0.2) is 70.0 Å². The maximum absolute atomic E-state index is 12.7. The Morgan fingerprint density at radius 1 is 0.875 bits per heavy atom. The number of sulfonamides is 1. The first-order valence-corrected chi connectivity index (χ1v) is 12.3. The van der Waals surface area contributed by atoms with E-state index >= 15 is 0 Å². The Bertz CT molecular complexity index is 1270. The summed E-state index contributed by atoms with van der Waals surface area (Å²) < 4.78 is 28.8. The van der Waals surface area contributed by atoms with Gasteiger partial charge in [0.1, 0.15) is 0 Å². The van der Waals surface area contributed by atoms with Crippen molar-refractivity contribution in [2.24, 2.45) is 0 Å². The van der Waals surface area contributed by atoms with E-state index in [1.807, 2.05) is 39.0 Å². The Morgan fingerprint density at radius 3 is 2.12 bits per heavy atom. The summed E-state index contributed by atoms with van der Waals surface area (Å²) in [6.07, 6.45) is 0. The maximum atomic E-state index is 12.7. The molecule has 0 fully saturated rings. The number of halogens is 1. The van der Waals surface area contributed by atoms with Crippen LogP contribution in [0.5, 0.6) is 0 Å². The van der Waals surface area contributed by atoms with Crippen molar-refractivity contribution >= 4 is 60.6 Å². The summed E-state index contributed by atoms with van der Waals surface area (Å²) in [6.45, 7) is 5.65. The van der Waals surface area contributed by atoms with Crippen LogP contribution in [-0.2, 0) is 10.0 Å². The summed E-state index contributed by atoms with van der Waals surface area (Å²) in [5.41, 5.74) is 4.32. The van der Waals surface area contributed by atoms with Crippen LogP contribution >= 0.6 is 28.1 Å². The van der Waals surface area contributed by atoms with Gasteiger partial charge in [0.15, 0.2) is 5.11 Å². The largest absolute Gasteiger partial charge is 0.332 e. The number of hydrogen-bond acceptors (Lipinski definition) is 4. The van der Waals surface area contributed by atoms with Gasteiger partial charge in [0.25, 0.3) is 15.9 Å². The summed E-state index contributed by atoms with van der Waals surface area (Å²) in [6, 6.07) is 17.0. The first kappa shape index (κ1) is 23.9. The van der Waals surface area contributed by atoms with Crippen LogP contribution in [0, 0.1) is 20.8 Å². The molecule has 0 saturated carbocycles. The number of benzene rings is 3. The molecule has 0 unspecified atom stereocenters. The third kappa shape index (κ3) is 6.15. The molecule has 0 atom stereocenters. The number of amides is 1. The van der Waals surface area contributed by atoms with Crippen LogP contribution in [0.1, 0.15) is 27.0 Å². The minimum atomic E-state index is -3.74. The van der Waals surface area contributed by atoms with Gasteiger partial charge in [-0.3, -0.25) is 14.8 Å². The number of aryl methyl sites for hydroxylation is 3. The molecule has 0 aliphatic carbocycles. The molecule has 3 rings (SSSR count). The lowest BCUT2D eigenvalue weighted by atomic mass is 10.1. The zero-order valence-electron chi connectivity index (χ0n) is 17.7. The van der Waals surface area contributed by atoms with Gasteiger partial charge in [-0.2, -0.15) is 0 Å². The van der Waals surface area contributed by atoms with Gasteiger partial charge < -0.3 is 5.32 Å². The summed E-state index contributed by atoms with van der Waals surface area (Å²) >= 11 is 8.57. The van der Waals surface area contributed by atoms with E-state index in [4.69, 9.17) is 12.2 Å². The number of carbonyl (C=O) groups excluding carboxylic acids is 1. The minimum Gasteiger partial charge on any atom is -0.332 e. The number of thiocarbonyl (C=S) groups is 1. The second-order valence-corrected chi connectivity index (χ2v) is 10.4. The topological polar surface area (TPSA) is 87.3 Å². The van der Waals surface area contributed by atoms with Gasteiger partial charge in [0.2, 0.25) is 0 Å². The smallest absolute Gasteiger partial charge is 0.261 e. The fourth-order valence-corrected chi connectivity index (χ4v) is 4.75. The number of nitrogens with one attached hydrogen (secondary N) is 3. The number of rotatable bonds is 5. The van der Waals surface area contributed by atoms with E-state index < -0.39 is 10.0 Å². The molecule has 0 bridgehead atoms. The lowest BCUT2D eigenvalue weighted by Crippen LogP contribution is -2.34. The van der Waals surface area contributed by atoms with Gasteiger partial charge in [-0.25, -0.2) is 8.42 Å². The Hall–Kier alpha value is -2.75. The average molecular weight is 532 g/mol. The molecule has 0 spiro atoms. The molecule has 0 aliphatic heterocycles. The fraction of sp³-hybridized carbons (Fsp3) is 0.130. The predicted octanol–water partition coefficient (Wildman–Crippen LogP) is 5.30. The molecule has 3 aromatic carbocycles. The van der Waals surface area contributed by atoms with Crippen LogP contribution in [-0.4, -0.2) is 19.4 Å². The number of carbonyl (C=O) groups is 1. The van der Waals surface area contributed by atoms with E-state index in [0.29, 0.717) is 16.9 Å². The van der Waals surface area contributed by atoms with Gasteiger partial charge in [0, 0.05) is 21.4 Å². The Labute approximate surface area is 201 Å². The molecular weight excluding hydrogens is 510 g/mol. The van der Waals surface area contributed by atoms with Crippen molar-refractivity contribution in [2.45, 2.75) is 25.7 Å². The lowest BCUT2D eigenvalue weighted by molar-refractivity contribution is 0.0977. The SMILES string of the molecule is Cc1cc(C)cc(NS(=O)(=O)c2ccc(NC(=S)NC(=O)c3cc(Br)ccc3C)cc2)c1. The Kier molecular flexibility index (Phi) is 7.33. The fourth-order valence-electron chi connectivity index (χ4n) is 3.14. The summed E-state index contributed by atoms with van der Waals surface area (Å²) in [5, 5.41) is 5.63. The molecule has 0 aliphatic rings. The minimum absolute atomic E-state index is 0.110. The third-order valence-corrected chi connectivity index (χ3v) is 6.66. The van der Waals surface area contributed by atoms with E-state index in [2.05, 4.69) is 31.3 Å². The maximum Gasteiger partial charge on any atom is 0.261 e. The number of hydrogen-bond donors (Lipinski definition) is 3. The van der Waals surface area contributed by atoms with Crippen LogP contribution in [0.25, 0.3) is 0 Å². The zero-order valence-corrected chi connectivity index (χ0v) is 20.9. The molecule has 9 heteroatoms. The van der Waals surface area contributed by atoms with Gasteiger partial charge in [-0.1, -0.05) is 28.1 Å². The quantitative estimate of drug-likeness (QED) is 0.388. The van der Waals surface area contributed by atoms with Crippen LogP contribution in [0.4, 0.5) is 11.4 Å². The summed E-state index contributed by atoms with van der Waals surface area (Å²) in [5.74, 6) is -0.335. The monoisotopic (exact) mass is 531 g/mol. The van der Waals surface area contributed by atoms with Gasteiger partial charge in [-0.15, -0.1) is 0 Å². The van der Waals surface area contributed by atoms with E-state index in [1.54, 1.807) is 30.3 Å². The highest BCUT2D eigenvalue weighted by molar-refractivity contribution is 9.10. The molecule has 6 nitrogen and oxygen atoms in total. The summed E-state index contributed by atoms with van der Waals surface area (Å²) in [4.78, 5) is 12.6. The van der Waals surface area contributed by atoms with Crippen LogP contribution < -0.4 is 15.4 Å². The first-order valence-electron chi connectivity index (χ1n) is 9.63. The lowest BCUT2D eigenvalue weighted by Gasteiger charge is -2.12. The zero-order chi connectivity index (χ0) is 23.5. The van der Waals surface area contributed by atoms with Crippen molar-refractivity contribution in [1.82, 2.24) is 5.32 Å². The first-order chi connectivity index (χ1) is 15.0. The van der Waals surface area contributed by atoms with E-state index in [-0.39, 0.29) is 15.9 Å². The molecule has 1 amide bonds. The van der Waals surface area contributed by atoms with E-state index in [0.717, 1.165) is 21.2 Å². The standard InChI is InChI=1S/C23H22BrN3O3S2/c1-14-10-15(2)12-19(11-14)27-32(29,30)20-8-6-18(7-9-20)25-23(31)26-22(28)21-13-17(24)5-4-16(21)3/h4-13,27H,1-3H3,(H2,25,26,28,31). The van der Waals surface area contributed by atoms with Gasteiger partial charge >= 0.3 is 0 Å². The Balaban J connectivity index is 1.66. The molecule has 0 heterocycles. The molecule has 32 heavy (non-hydrogen) atoms. The van der Waals surface area contributed by atoms with Crippen molar-refractivity contribution in [3.63, 3.8) is 0 Å². The second-order valence-electron chi connectivity index (χ2n) is 7.37. The van der Waals surface area contributed by atoms with Crippen LogP contribution in [0.3, 0.4) is 0 Å². The summed E-state index contributed by atoms with van der Waals surface area (Å²) in [7, 11) is -3.74. The normalized spacial score (nSPS) is 11.0. The molecule has 3 aromatic rings. The molecule has 0 radical (unpaired) electrons. The molecule has 3 N–H and O–H groups in total. The molecular formula is C23H22BrN3O3S2. The second kappa shape index (κ2) is 9.81. The highest BCUT2D eigenvalue weighted by Crippen LogP contribution is 2.21. The Morgan fingerprint density at radius 2 is 1.50 bits per heavy atom. The van der Waals surface area contributed by atoms with Crippen molar-refractivity contribution in [2.75, 3.05) is 10.0 Å². The number of anilines is 2. The molecule has 166 valence electrons. The highest BCUT2D eigenvalue weighted by atomic mass is 79.9. The average Bonchev–Trinajstić information content (AvgIpc) is 2.69. The van der Waals surface area contributed by atoms with Crippen molar-refractivity contribution in [3.8, 4) is 0 Å². The van der Waals surface area contributed by atoms with Gasteiger partial charge in [0.05, 0.1) is 4.90 Å². The van der Waals surface area contributed by atoms with Crippen molar-refractivity contribution in [1.29, 1.82) is 0 Å². The van der Waals surface area contributed by atoms with Crippen molar-refractivity contribution < 1.29 is 13.2 Å². The van der Waals surface area contributed by atoms with Crippen molar-refractivity contribution in [3.05, 3.63) is 87.4 Å².